The second-order valence-corrected chi connectivity index (χ2v) is 6.98. The molecule has 8 heteroatoms. The van der Waals surface area contributed by atoms with Crippen LogP contribution in [-0.4, -0.2) is 67.7 Å². The first-order valence-electron chi connectivity index (χ1n) is 10.1. The average Bonchev–Trinajstić information content (AvgIpc) is 2.77. The Morgan fingerprint density at radius 1 is 1.10 bits per heavy atom. The summed E-state index contributed by atoms with van der Waals surface area (Å²) < 4.78 is 10.6. The van der Waals surface area contributed by atoms with Gasteiger partial charge in [-0.15, -0.1) is 0 Å². The number of carbonyl (C=O) groups is 1. The number of piperazine rings is 1. The molecule has 1 saturated heterocycles. The maximum Gasteiger partial charge on any atom is 0.246 e. The fourth-order valence-electron chi connectivity index (χ4n) is 3.32. The van der Waals surface area contributed by atoms with Crippen molar-refractivity contribution in [2.24, 2.45) is 0 Å². The molecule has 1 amide bonds. The minimum Gasteiger partial charge on any atom is -0.493 e. The van der Waals surface area contributed by atoms with Crippen LogP contribution in [0.1, 0.15) is 18.2 Å². The lowest BCUT2D eigenvalue weighted by molar-refractivity contribution is -0.126. The van der Waals surface area contributed by atoms with E-state index >= 15 is 0 Å². The Kier molecular flexibility index (Phi) is 7.11. The van der Waals surface area contributed by atoms with Crippen LogP contribution in [0.2, 0.25) is 0 Å². The molecule has 1 aromatic carbocycles. The van der Waals surface area contributed by atoms with Gasteiger partial charge in [-0.05, 0) is 37.6 Å². The number of nitrogens with one attached hydrogen (secondary N) is 1. The van der Waals surface area contributed by atoms with Crippen LogP contribution in [0.3, 0.4) is 0 Å². The molecule has 1 aliphatic rings. The van der Waals surface area contributed by atoms with E-state index in [0.717, 1.165) is 23.6 Å². The molecular formula is C22H29N5O3. The normalized spacial score (nSPS) is 14.1. The van der Waals surface area contributed by atoms with Gasteiger partial charge in [0.15, 0.2) is 11.5 Å². The van der Waals surface area contributed by atoms with Gasteiger partial charge in [-0.3, -0.25) is 4.79 Å². The highest BCUT2D eigenvalue weighted by molar-refractivity contribution is 5.92. The number of nitrogens with zero attached hydrogens (tertiary/aromatic N) is 4. The Bertz CT molecular complexity index is 908. The Hall–Kier alpha value is -3.29. The van der Waals surface area contributed by atoms with Gasteiger partial charge in [0, 0.05) is 50.6 Å². The van der Waals surface area contributed by atoms with Crippen molar-refractivity contribution in [1.82, 2.24) is 14.9 Å². The SMILES string of the molecule is CCNc1cc(C)nc(N2CCN(C(=O)/C=C/c3ccc(OC)c(OC)c3)CC2)n1. The maximum atomic E-state index is 12.6. The van der Waals surface area contributed by atoms with E-state index in [1.165, 1.54) is 0 Å². The van der Waals surface area contributed by atoms with Crippen molar-refractivity contribution in [3.63, 3.8) is 0 Å². The van der Waals surface area contributed by atoms with Crippen molar-refractivity contribution in [2.75, 3.05) is 57.2 Å². The second kappa shape index (κ2) is 9.96. The number of amides is 1. The standard InChI is InChI=1S/C22H29N5O3/c1-5-23-20-14-16(2)24-22(25-20)27-12-10-26(11-13-27)21(28)9-7-17-6-8-18(29-3)19(15-17)30-4/h6-9,14-15H,5,10-13H2,1-4H3,(H,23,24,25)/b9-7+. The highest BCUT2D eigenvalue weighted by atomic mass is 16.5. The summed E-state index contributed by atoms with van der Waals surface area (Å²) in [7, 11) is 3.19. The number of benzene rings is 1. The van der Waals surface area contributed by atoms with Gasteiger partial charge >= 0.3 is 0 Å². The van der Waals surface area contributed by atoms with Crippen LogP contribution >= 0.6 is 0 Å². The highest BCUT2D eigenvalue weighted by Crippen LogP contribution is 2.28. The zero-order chi connectivity index (χ0) is 21.5. The smallest absolute Gasteiger partial charge is 0.246 e. The topological polar surface area (TPSA) is 79.8 Å². The summed E-state index contributed by atoms with van der Waals surface area (Å²) >= 11 is 0. The highest BCUT2D eigenvalue weighted by Gasteiger charge is 2.22. The van der Waals surface area contributed by atoms with E-state index < -0.39 is 0 Å². The quantitative estimate of drug-likeness (QED) is 0.702. The number of aryl methyl sites for hydroxylation is 1. The predicted molar refractivity (Wildman–Crippen MR) is 118 cm³/mol. The lowest BCUT2D eigenvalue weighted by atomic mass is 10.2. The lowest BCUT2D eigenvalue weighted by Crippen LogP contribution is -2.48. The fraction of sp³-hybridized carbons (Fsp3) is 0.409. The number of ether oxygens (including phenoxy) is 2. The van der Waals surface area contributed by atoms with E-state index in [1.807, 2.05) is 43.0 Å². The Balaban J connectivity index is 1.60. The molecule has 160 valence electrons. The van der Waals surface area contributed by atoms with Crippen molar-refractivity contribution >= 4 is 23.7 Å². The van der Waals surface area contributed by atoms with Gasteiger partial charge in [-0.2, -0.15) is 4.98 Å². The molecule has 1 aliphatic heterocycles. The zero-order valence-electron chi connectivity index (χ0n) is 18.0. The van der Waals surface area contributed by atoms with Gasteiger partial charge in [-0.1, -0.05) is 6.07 Å². The monoisotopic (exact) mass is 411 g/mol. The summed E-state index contributed by atoms with van der Waals surface area (Å²) in [6.45, 7) is 7.47. The van der Waals surface area contributed by atoms with Crippen molar-refractivity contribution in [1.29, 1.82) is 0 Å². The van der Waals surface area contributed by atoms with E-state index in [0.29, 0.717) is 43.6 Å². The third-order valence-corrected chi connectivity index (χ3v) is 4.90. The van der Waals surface area contributed by atoms with E-state index in [4.69, 9.17) is 9.47 Å². The van der Waals surface area contributed by atoms with E-state index in [1.54, 1.807) is 26.4 Å². The summed E-state index contributed by atoms with van der Waals surface area (Å²) in [5, 5.41) is 3.23. The molecule has 1 aromatic heterocycles. The minimum absolute atomic E-state index is 0.0112. The molecule has 2 heterocycles. The molecule has 2 aromatic rings. The summed E-state index contributed by atoms with van der Waals surface area (Å²) in [6.07, 6.45) is 3.40. The van der Waals surface area contributed by atoms with Crippen LogP contribution < -0.4 is 19.7 Å². The summed E-state index contributed by atoms with van der Waals surface area (Å²) in [6, 6.07) is 7.49. The van der Waals surface area contributed by atoms with Gasteiger partial charge < -0.3 is 24.6 Å². The third-order valence-electron chi connectivity index (χ3n) is 4.90. The zero-order valence-corrected chi connectivity index (χ0v) is 18.0. The molecule has 0 saturated carbocycles. The first-order chi connectivity index (χ1) is 14.5. The van der Waals surface area contributed by atoms with Crippen molar-refractivity contribution in [3.8, 4) is 11.5 Å². The Labute approximate surface area is 177 Å². The maximum absolute atomic E-state index is 12.6. The Morgan fingerprint density at radius 3 is 2.50 bits per heavy atom. The molecule has 0 aliphatic carbocycles. The summed E-state index contributed by atoms with van der Waals surface area (Å²) in [5.74, 6) is 2.82. The molecule has 0 bridgehead atoms. The fourth-order valence-corrected chi connectivity index (χ4v) is 3.32. The first-order valence-corrected chi connectivity index (χ1v) is 10.1. The molecule has 0 atom stereocenters. The van der Waals surface area contributed by atoms with Gasteiger partial charge in [0.1, 0.15) is 5.82 Å². The molecule has 30 heavy (non-hydrogen) atoms. The Morgan fingerprint density at radius 2 is 1.83 bits per heavy atom. The van der Waals surface area contributed by atoms with Crippen LogP contribution in [0, 0.1) is 6.92 Å². The van der Waals surface area contributed by atoms with Gasteiger partial charge in [-0.25, -0.2) is 4.98 Å². The molecule has 0 spiro atoms. The number of aromatic nitrogens is 2. The van der Waals surface area contributed by atoms with Crippen molar-refractivity contribution < 1.29 is 14.3 Å². The van der Waals surface area contributed by atoms with Gasteiger partial charge in [0.2, 0.25) is 11.9 Å². The largest absolute Gasteiger partial charge is 0.493 e. The van der Waals surface area contributed by atoms with Crippen LogP contribution in [0.5, 0.6) is 11.5 Å². The van der Waals surface area contributed by atoms with Crippen molar-refractivity contribution in [3.05, 3.63) is 41.6 Å². The summed E-state index contributed by atoms with van der Waals surface area (Å²) in [5.41, 5.74) is 1.80. The number of methoxy groups -OCH3 is 2. The van der Waals surface area contributed by atoms with Gasteiger partial charge in [0.05, 0.1) is 14.2 Å². The predicted octanol–water partition coefficient (Wildman–Crippen LogP) is 2.60. The van der Waals surface area contributed by atoms with Gasteiger partial charge in [0.25, 0.3) is 0 Å². The first kappa shape index (κ1) is 21.4. The average molecular weight is 412 g/mol. The lowest BCUT2D eigenvalue weighted by Gasteiger charge is -2.34. The molecule has 1 fully saturated rings. The molecular weight excluding hydrogens is 382 g/mol. The van der Waals surface area contributed by atoms with Crippen molar-refractivity contribution in [2.45, 2.75) is 13.8 Å². The summed E-state index contributed by atoms with van der Waals surface area (Å²) in [4.78, 5) is 25.7. The number of anilines is 2. The third kappa shape index (κ3) is 5.20. The van der Waals surface area contributed by atoms with Crippen LogP contribution in [-0.2, 0) is 4.79 Å². The molecule has 3 rings (SSSR count). The van der Waals surface area contributed by atoms with Crippen LogP contribution in [0.4, 0.5) is 11.8 Å². The van der Waals surface area contributed by atoms with E-state index in [9.17, 15) is 4.79 Å². The van der Waals surface area contributed by atoms with E-state index in [2.05, 4.69) is 20.2 Å². The molecule has 1 N–H and O–H groups in total. The molecule has 8 nitrogen and oxygen atoms in total. The van der Waals surface area contributed by atoms with Crippen LogP contribution in [0.25, 0.3) is 6.08 Å². The molecule has 0 unspecified atom stereocenters. The number of rotatable bonds is 7. The minimum atomic E-state index is -0.0112. The number of hydrogen-bond acceptors (Lipinski definition) is 7. The second-order valence-electron chi connectivity index (χ2n) is 6.98. The molecule has 0 radical (unpaired) electrons. The number of carbonyl (C=O) groups excluding carboxylic acids is 1. The van der Waals surface area contributed by atoms with E-state index in [-0.39, 0.29) is 5.91 Å². The number of hydrogen-bond donors (Lipinski definition) is 1. The van der Waals surface area contributed by atoms with Crippen LogP contribution in [0.15, 0.2) is 30.3 Å².